The SMILES string of the molecule is BrCC1CN=C(c2cccs2)O1. The molecule has 12 heavy (non-hydrogen) atoms. The Hall–Kier alpha value is -0.350. The first kappa shape index (κ1) is 8.26. The maximum Gasteiger partial charge on any atom is 0.226 e. The molecule has 1 aromatic rings. The van der Waals surface area contributed by atoms with Crippen LogP contribution in [0.1, 0.15) is 4.88 Å². The zero-order chi connectivity index (χ0) is 8.39. The monoisotopic (exact) mass is 245 g/mol. The summed E-state index contributed by atoms with van der Waals surface area (Å²) >= 11 is 5.03. The van der Waals surface area contributed by atoms with Gasteiger partial charge < -0.3 is 4.74 Å². The summed E-state index contributed by atoms with van der Waals surface area (Å²) in [6.07, 6.45) is 0.224. The first-order valence-electron chi connectivity index (χ1n) is 3.71. The Morgan fingerprint density at radius 2 is 2.67 bits per heavy atom. The van der Waals surface area contributed by atoms with E-state index < -0.39 is 0 Å². The smallest absolute Gasteiger partial charge is 0.226 e. The van der Waals surface area contributed by atoms with E-state index in [1.54, 1.807) is 11.3 Å². The van der Waals surface area contributed by atoms with Crippen molar-refractivity contribution in [2.75, 3.05) is 11.9 Å². The summed E-state index contributed by atoms with van der Waals surface area (Å²) in [5, 5.41) is 2.88. The third kappa shape index (κ3) is 1.54. The third-order valence-electron chi connectivity index (χ3n) is 1.62. The summed E-state index contributed by atoms with van der Waals surface area (Å²) in [7, 11) is 0. The number of hydrogen-bond donors (Lipinski definition) is 0. The van der Waals surface area contributed by atoms with Gasteiger partial charge in [0.25, 0.3) is 0 Å². The van der Waals surface area contributed by atoms with Crippen molar-refractivity contribution in [3.8, 4) is 0 Å². The molecule has 2 heterocycles. The molecular formula is C8H8BrNOS. The standard InChI is InChI=1S/C8H8BrNOS/c9-4-6-5-10-8(11-6)7-2-1-3-12-7/h1-3,6H,4-5H2. The largest absolute Gasteiger partial charge is 0.471 e. The molecule has 0 amide bonds. The molecule has 1 atom stereocenters. The van der Waals surface area contributed by atoms with Gasteiger partial charge in [0.2, 0.25) is 5.90 Å². The Balaban J connectivity index is 2.09. The number of ether oxygens (including phenoxy) is 1. The second-order valence-electron chi connectivity index (χ2n) is 2.52. The number of alkyl halides is 1. The van der Waals surface area contributed by atoms with E-state index in [1.807, 2.05) is 17.5 Å². The Bertz CT molecular complexity index is 283. The lowest BCUT2D eigenvalue weighted by Gasteiger charge is -2.05. The van der Waals surface area contributed by atoms with Gasteiger partial charge >= 0.3 is 0 Å². The normalized spacial score (nSPS) is 22.1. The molecule has 0 N–H and O–H groups in total. The molecule has 1 aromatic heterocycles. The molecule has 1 aliphatic heterocycles. The molecular weight excluding hydrogens is 238 g/mol. The summed E-state index contributed by atoms with van der Waals surface area (Å²) in [4.78, 5) is 5.43. The molecule has 1 unspecified atom stereocenters. The number of rotatable bonds is 2. The van der Waals surface area contributed by atoms with Crippen LogP contribution in [-0.2, 0) is 4.74 Å². The van der Waals surface area contributed by atoms with E-state index in [2.05, 4.69) is 20.9 Å². The van der Waals surface area contributed by atoms with Gasteiger partial charge in [0.15, 0.2) is 0 Å². The lowest BCUT2D eigenvalue weighted by Crippen LogP contribution is -2.14. The van der Waals surface area contributed by atoms with Crippen molar-refractivity contribution in [3.05, 3.63) is 22.4 Å². The minimum atomic E-state index is 0.224. The molecule has 2 nitrogen and oxygen atoms in total. The van der Waals surface area contributed by atoms with Crippen molar-refractivity contribution < 1.29 is 4.74 Å². The van der Waals surface area contributed by atoms with Crippen molar-refractivity contribution in [2.45, 2.75) is 6.10 Å². The number of hydrogen-bond acceptors (Lipinski definition) is 3. The van der Waals surface area contributed by atoms with Crippen molar-refractivity contribution in [2.24, 2.45) is 4.99 Å². The summed E-state index contributed by atoms with van der Waals surface area (Å²) in [6.45, 7) is 0.776. The summed E-state index contributed by atoms with van der Waals surface area (Å²) in [5.74, 6) is 0.800. The van der Waals surface area contributed by atoms with Gasteiger partial charge in [-0.2, -0.15) is 0 Å². The highest BCUT2D eigenvalue weighted by atomic mass is 79.9. The van der Waals surface area contributed by atoms with E-state index in [4.69, 9.17) is 4.74 Å². The van der Waals surface area contributed by atoms with Gasteiger partial charge in [-0.1, -0.05) is 22.0 Å². The molecule has 0 fully saturated rings. The van der Waals surface area contributed by atoms with Crippen LogP contribution in [-0.4, -0.2) is 23.9 Å². The second kappa shape index (κ2) is 3.58. The van der Waals surface area contributed by atoms with E-state index in [0.29, 0.717) is 0 Å². The molecule has 4 heteroatoms. The molecule has 0 radical (unpaired) electrons. The first-order chi connectivity index (χ1) is 5.90. The zero-order valence-corrected chi connectivity index (χ0v) is 8.77. The maximum absolute atomic E-state index is 5.57. The van der Waals surface area contributed by atoms with Crippen LogP contribution in [0.5, 0.6) is 0 Å². The van der Waals surface area contributed by atoms with Crippen molar-refractivity contribution in [1.82, 2.24) is 0 Å². The average molecular weight is 246 g/mol. The van der Waals surface area contributed by atoms with Crippen LogP contribution < -0.4 is 0 Å². The van der Waals surface area contributed by atoms with Crippen LogP contribution in [0.2, 0.25) is 0 Å². The van der Waals surface area contributed by atoms with Gasteiger partial charge in [-0.15, -0.1) is 11.3 Å². The summed E-state index contributed by atoms with van der Waals surface area (Å²) in [6, 6.07) is 4.04. The predicted octanol–water partition coefficient (Wildman–Crippen LogP) is 2.29. The highest BCUT2D eigenvalue weighted by molar-refractivity contribution is 9.09. The number of aliphatic imine (C=N–C) groups is 1. The topological polar surface area (TPSA) is 21.6 Å². The van der Waals surface area contributed by atoms with Crippen LogP contribution in [0.4, 0.5) is 0 Å². The number of nitrogens with zero attached hydrogens (tertiary/aromatic N) is 1. The minimum absolute atomic E-state index is 0.224. The number of halogens is 1. The fraction of sp³-hybridized carbons (Fsp3) is 0.375. The van der Waals surface area contributed by atoms with Crippen molar-refractivity contribution in [3.63, 3.8) is 0 Å². The van der Waals surface area contributed by atoms with Crippen LogP contribution in [0.15, 0.2) is 22.5 Å². The van der Waals surface area contributed by atoms with Gasteiger partial charge in [-0.05, 0) is 11.4 Å². The third-order valence-corrected chi connectivity index (χ3v) is 3.20. The molecule has 1 aliphatic rings. The lowest BCUT2D eigenvalue weighted by molar-refractivity contribution is 0.253. The summed E-state index contributed by atoms with van der Waals surface area (Å²) < 4.78 is 5.57. The van der Waals surface area contributed by atoms with Crippen LogP contribution in [0.25, 0.3) is 0 Å². The Kier molecular flexibility index (Phi) is 2.46. The van der Waals surface area contributed by atoms with E-state index in [-0.39, 0.29) is 6.10 Å². The molecule has 0 aromatic carbocycles. The fourth-order valence-corrected chi connectivity index (χ4v) is 2.04. The van der Waals surface area contributed by atoms with E-state index in [1.165, 1.54) is 0 Å². The van der Waals surface area contributed by atoms with Crippen LogP contribution in [0, 0.1) is 0 Å². The minimum Gasteiger partial charge on any atom is -0.471 e. The van der Waals surface area contributed by atoms with Gasteiger partial charge in [0, 0.05) is 5.33 Å². The van der Waals surface area contributed by atoms with Crippen molar-refractivity contribution >= 4 is 33.2 Å². The summed E-state index contributed by atoms with van der Waals surface area (Å²) in [5.41, 5.74) is 0. The zero-order valence-electron chi connectivity index (χ0n) is 6.37. The quantitative estimate of drug-likeness (QED) is 0.733. The van der Waals surface area contributed by atoms with E-state index >= 15 is 0 Å². The molecule has 64 valence electrons. The van der Waals surface area contributed by atoms with Crippen molar-refractivity contribution in [1.29, 1.82) is 0 Å². The molecule has 2 rings (SSSR count). The van der Waals surface area contributed by atoms with Gasteiger partial charge in [0.05, 0.1) is 11.4 Å². The fourth-order valence-electron chi connectivity index (χ4n) is 1.03. The predicted molar refractivity (Wildman–Crippen MR) is 54.4 cm³/mol. The van der Waals surface area contributed by atoms with Crippen LogP contribution in [0.3, 0.4) is 0 Å². The van der Waals surface area contributed by atoms with Gasteiger partial charge in [-0.25, -0.2) is 4.99 Å². The van der Waals surface area contributed by atoms with Gasteiger partial charge in [0.1, 0.15) is 6.10 Å². The van der Waals surface area contributed by atoms with E-state index in [0.717, 1.165) is 22.6 Å². The lowest BCUT2D eigenvalue weighted by atomic mass is 10.4. The maximum atomic E-state index is 5.57. The Labute approximate surface area is 83.4 Å². The molecule has 0 spiro atoms. The molecule has 0 bridgehead atoms. The molecule has 0 aliphatic carbocycles. The Morgan fingerprint density at radius 1 is 1.75 bits per heavy atom. The average Bonchev–Trinajstić information content (AvgIpc) is 2.75. The van der Waals surface area contributed by atoms with Crippen LogP contribution >= 0.6 is 27.3 Å². The molecule has 0 saturated carbocycles. The molecule has 0 saturated heterocycles. The first-order valence-corrected chi connectivity index (χ1v) is 5.71. The van der Waals surface area contributed by atoms with E-state index in [9.17, 15) is 0 Å². The van der Waals surface area contributed by atoms with Gasteiger partial charge in [-0.3, -0.25) is 0 Å². The highest BCUT2D eigenvalue weighted by Gasteiger charge is 2.19. The highest BCUT2D eigenvalue weighted by Crippen LogP contribution is 2.17. The Morgan fingerprint density at radius 3 is 3.25 bits per heavy atom. The second-order valence-corrected chi connectivity index (χ2v) is 4.11. The number of thiophene rings is 1.